The number of pyridine rings is 1. The Bertz CT molecular complexity index is 1140. The molecule has 0 unspecified atom stereocenters. The van der Waals surface area contributed by atoms with Crippen molar-refractivity contribution in [3.63, 3.8) is 0 Å². The average molecular weight is 375 g/mol. The van der Waals surface area contributed by atoms with Crippen molar-refractivity contribution >= 4 is 22.7 Å². The maximum absolute atomic E-state index is 12.0. The molecule has 4 aromatic rings. The van der Waals surface area contributed by atoms with Gasteiger partial charge in [-0.1, -0.05) is 24.3 Å². The number of aryl methyl sites for hydroxylation is 1. The number of nitrogens with zero attached hydrogens (tertiary/aromatic N) is 4. The third kappa shape index (κ3) is 4.20. The van der Waals surface area contributed by atoms with Crippen LogP contribution in [0.4, 0.5) is 0 Å². The zero-order chi connectivity index (χ0) is 18.6. The van der Waals surface area contributed by atoms with Crippen molar-refractivity contribution in [1.82, 2.24) is 24.9 Å². The lowest BCUT2D eigenvalue weighted by Crippen LogP contribution is -2.14. The van der Waals surface area contributed by atoms with Crippen LogP contribution in [0.3, 0.4) is 0 Å². The minimum atomic E-state index is -0.172. The number of aromatic nitrogens is 5. The van der Waals surface area contributed by atoms with Gasteiger partial charge in [0.2, 0.25) is 0 Å². The number of H-pyrrole nitrogens is 1. The summed E-state index contributed by atoms with van der Waals surface area (Å²) in [6, 6.07) is 15.2. The number of hydrogen-bond donors (Lipinski definition) is 1. The summed E-state index contributed by atoms with van der Waals surface area (Å²) in [5.74, 6) is 1.78. The van der Waals surface area contributed by atoms with E-state index < -0.39 is 0 Å². The van der Waals surface area contributed by atoms with Gasteiger partial charge in [-0.15, -0.1) is 11.8 Å². The maximum atomic E-state index is 12.0. The maximum Gasteiger partial charge on any atom is 0.251 e. The average Bonchev–Trinajstić information content (AvgIpc) is 2.67. The van der Waals surface area contributed by atoms with Crippen LogP contribution in [0.25, 0.3) is 10.9 Å². The highest BCUT2D eigenvalue weighted by molar-refractivity contribution is 7.98. The lowest BCUT2D eigenvalue weighted by atomic mass is 10.2. The number of aromatic amines is 1. The summed E-state index contributed by atoms with van der Waals surface area (Å²) in [4.78, 5) is 32.8. The number of para-hydroxylation sites is 1. The van der Waals surface area contributed by atoms with Crippen molar-refractivity contribution in [2.45, 2.75) is 24.1 Å². The van der Waals surface area contributed by atoms with Gasteiger partial charge in [0, 0.05) is 29.1 Å². The zero-order valence-corrected chi connectivity index (χ0v) is 15.5. The van der Waals surface area contributed by atoms with Crippen LogP contribution in [-0.2, 0) is 12.2 Å². The summed E-state index contributed by atoms with van der Waals surface area (Å²) in [6.07, 6.45) is 2.13. The van der Waals surface area contributed by atoms with E-state index in [1.165, 1.54) is 6.07 Å². The second kappa shape index (κ2) is 7.67. The molecule has 0 bridgehead atoms. The summed E-state index contributed by atoms with van der Waals surface area (Å²) < 4.78 is 0. The van der Waals surface area contributed by atoms with Crippen LogP contribution in [0, 0.1) is 6.92 Å². The molecule has 6 nitrogen and oxygen atoms in total. The fourth-order valence-electron chi connectivity index (χ4n) is 2.82. The summed E-state index contributed by atoms with van der Waals surface area (Å²) in [6.45, 7) is 1.96. The second-order valence-electron chi connectivity index (χ2n) is 6.06. The molecule has 0 aliphatic heterocycles. The van der Waals surface area contributed by atoms with E-state index in [1.54, 1.807) is 18.0 Å². The number of thioether (sulfide) groups is 1. The van der Waals surface area contributed by atoms with Crippen LogP contribution in [0.2, 0.25) is 0 Å². The van der Waals surface area contributed by atoms with Gasteiger partial charge in [0.15, 0.2) is 0 Å². The summed E-state index contributed by atoms with van der Waals surface area (Å²) in [5, 5.41) is 1.93. The highest BCUT2D eigenvalue weighted by atomic mass is 32.2. The second-order valence-corrected chi connectivity index (χ2v) is 7.05. The molecule has 1 N–H and O–H groups in total. The third-order valence-corrected chi connectivity index (χ3v) is 4.99. The molecule has 134 valence electrons. The number of benzene rings is 1. The summed E-state index contributed by atoms with van der Waals surface area (Å²) >= 11 is 1.54. The van der Waals surface area contributed by atoms with Crippen molar-refractivity contribution in [3.05, 3.63) is 88.1 Å². The molecule has 0 amide bonds. The Hall–Kier alpha value is -3.06. The lowest BCUT2D eigenvalue weighted by molar-refractivity contribution is 0.863. The normalized spacial score (nSPS) is 11.0. The lowest BCUT2D eigenvalue weighted by Gasteiger charge is -2.06. The van der Waals surface area contributed by atoms with Gasteiger partial charge in [-0.25, -0.2) is 19.9 Å². The van der Waals surface area contributed by atoms with E-state index in [0.29, 0.717) is 29.5 Å². The molecule has 4 rings (SSSR count). The van der Waals surface area contributed by atoms with Gasteiger partial charge in [-0.05, 0) is 25.1 Å². The Morgan fingerprint density at radius 2 is 1.89 bits per heavy atom. The smallest absolute Gasteiger partial charge is 0.251 e. The highest BCUT2D eigenvalue weighted by Crippen LogP contribution is 2.19. The minimum Gasteiger partial charge on any atom is -0.310 e. The molecule has 0 fully saturated rings. The first-order valence-electron chi connectivity index (χ1n) is 8.52. The molecule has 27 heavy (non-hydrogen) atoms. The Kier molecular flexibility index (Phi) is 4.93. The van der Waals surface area contributed by atoms with Crippen LogP contribution in [-0.4, -0.2) is 24.9 Å². The van der Waals surface area contributed by atoms with Crippen LogP contribution in [0.1, 0.15) is 23.0 Å². The monoisotopic (exact) mass is 375 g/mol. The topological polar surface area (TPSA) is 84.4 Å². The molecule has 0 saturated carbocycles. The Labute approximate surface area is 160 Å². The van der Waals surface area contributed by atoms with Crippen LogP contribution in [0.5, 0.6) is 0 Å². The Morgan fingerprint density at radius 1 is 1.04 bits per heavy atom. The van der Waals surface area contributed by atoms with Gasteiger partial charge in [0.25, 0.3) is 5.56 Å². The molecule has 0 aliphatic carbocycles. The zero-order valence-electron chi connectivity index (χ0n) is 14.7. The number of hydrogen-bond acceptors (Lipinski definition) is 6. The van der Waals surface area contributed by atoms with E-state index in [9.17, 15) is 4.79 Å². The Balaban J connectivity index is 1.57. The van der Waals surface area contributed by atoms with Gasteiger partial charge >= 0.3 is 0 Å². The van der Waals surface area contributed by atoms with Crippen molar-refractivity contribution < 1.29 is 0 Å². The molecule has 3 aromatic heterocycles. The van der Waals surface area contributed by atoms with Gasteiger partial charge in [-0.2, -0.15) is 0 Å². The first kappa shape index (κ1) is 17.4. The van der Waals surface area contributed by atoms with Crippen LogP contribution >= 0.6 is 11.8 Å². The van der Waals surface area contributed by atoms with E-state index in [2.05, 4.69) is 24.9 Å². The van der Waals surface area contributed by atoms with E-state index in [1.807, 2.05) is 49.4 Å². The summed E-state index contributed by atoms with van der Waals surface area (Å²) in [5.41, 5.74) is 2.35. The quantitative estimate of drug-likeness (QED) is 0.539. The summed E-state index contributed by atoms with van der Waals surface area (Å²) in [7, 11) is 0. The predicted molar refractivity (Wildman–Crippen MR) is 106 cm³/mol. The molecule has 7 heteroatoms. The van der Waals surface area contributed by atoms with E-state index in [-0.39, 0.29) is 5.56 Å². The highest BCUT2D eigenvalue weighted by Gasteiger charge is 2.09. The molecular formula is C20H17N5OS. The first-order chi connectivity index (χ1) is 13.2. The van der Waals surface area contributed by atoms with Crippen molar-refractivity contribution in [3.8, 4) is 0 Å². The molecule has 3 heterocycles. The van der Waals surface area contributed by atoms with Crippen LogP contribution < -0.4 is 5.56 Å². The fraction of sp³-hybridized carbons (Fsp3) is 0.150. The minimum absolute atomic E-state index is 0.172. The molecule has 0 atom stereocenters. The number of fused-ring (bicyclic) bond motifs is 1. The molecule has 0 spiro atoms. The van der Waals surface area contributed by atoms with Crippen molar-refractivity contribution in [2.75, 3.05) is 0 Å². The molecule has 0 radical (unpaired) electrons. The predicted octanol–water partition coefficient (Wildman–Crippen LogP) is 3.30. The SMILES string of the molecule is Cc1nc(Cc2nc(CSc3ccccn3)cc(=O)[nH]2)nc2ccccc12. The first-order valence-corrected chi connectivity index (χ1v) is 9.51. The van der Waals surface area contributed by atoms with Gasteiger partial charge in [0.05, 0.1) is 22.7 Å². The molecule has 0 aliphatic rings. The fourth-order valence-corrected chi connectivity index (χ4v) is 3.58. The van der Waals surface area contributed by atoms with Gasteiger partial charge < -0.3 is 4.98 Å². The van der Waals surface area contributed by atoms with E-state index in [4.69, 9.17) is 0 Å². The van der Waals surface area contributed by atoms with Crippen LogP contribution in [0.15, 0.2) is 64.5 Å². The van der Waals surface area contributed by atoms with Gasteiger partial charge in [-0.3, -0.25) is 4.79 Å². The molecular weight excluding hydrogens is 358 g/mol. The number of nitrogens with one attached hydrogen (secondary N) is 1. The largest absolute Gasteiger partial charge is 0.310 e. The molecule has 1 aromatic carbocycles. The van der Waals surface area contributed by atoms with Crippen molar-refractivity contribution in [2.24, 2.45) is 0 Å². The van der Waals surface area contributed by atoms with E-state index in [0.717, 1.165) is 21.6 Å². The standard InChI is InChI=1S/C20H17N5OS/c1-13-15-6-2-3-7-16(15)24-17(22-13)11-18-23-14(10-19(26)25-18)12-27-20-8-4-5-9-21-20/h2-10H,11-12H2,1H3,(H,23,25,26). The van der Waals surface area contributed by atoms with Gasteiger partial charge in [0.1, 0.15) is 11.6 Å². The van der Waals surface area contributed by atoms with Crippen molar-refractivity contribution in [1.29, 1.82) is 0 Å². The third-order valence-electron chi connectivity index (χ3n) is 4.02. The number of rotatable bonds is 5. The van der Waals surface area contributed by atoms with E-state index >= 15 is 0 Å². The Morgan fingerprint density at radius 3 is 2.74 bits per heavy atom. The molecule has 0 saturated heterocycles.